The minimum atomic E-state index is -0.717. The SMILES string of the molecule is O=C(O)C1CCN(C(=O)C2CCSCC2)CC1. The number of carboxylic acids is 1. The maximum Gasteiger partial charge on any atom is 0.306 e. The summed E-state index contributed by atoms with van der Waals surface area (Å²) in [7, 11) is 0. The zero-order chi connectivity index (χ0) is 12.3. The molecule has 0 spiro atoms. The Labute approximate surface area is 106 Å². The molecule has 2 aliphatic rings. The summed E-state index contributed by atoms with van der Waals surface area (Å²) in [6.07, 6.45) is 3.20. The Balaban J connectivity index is 1.83. The van der Waals surface area contributed by atoms with Crippen LogP contribution in [0, 0.1) is 11.8 Å². The normalized spacial score (nSPS) is 23.6. The van der Waals surface area contributed by atoms with Gasteiger partial charge in [-0.3, -0.25) is 9.59 Å². The minimum absolute atomic E-state index is 0.192. The number of amides is 1. The Morgan fingerprint density at radius 1 is 1.00 bits per heavy atom. The molecular weight excluding hydrogens is 238 g/mol. The van der Waals surface area contributed by atoms with Gasteiger partial charge in [0.1, 0.15) is 0 Å². The second kappa shape index (κ2) is 5.76. The van der Waals surface area contributed by atoms with Crippen molar-refractivity contribution in [2.24, 2.45) is 11.8 Å². The fourth-order valence-corrected chi connectivity index (χ4v) is 3.66. The Morgan fingerprint density at radius 2 is 1.59 bits per heavy atom. The van der Waals surface area contributed by atoms with Gasteiger partial charge in [-0.25, -0.2) is 0 Å². The quantitative estimate of drug-likeness (QED) is 0.813. The van der Waals surface area contributed by atoms with Crippen molar-refractivity contribution < 1.29 is 14.7 Å². The maximum absolute atomic E-state index is 12.2. The third kappa shape index (κ3) is 3.15. The van der Waals surface area contributed by atoms with Crippen LogP contribution in [0.4, 0.5) is 0 Å². The molecule has 2 saturated heterocycles. The van der Waals surface area contributed by atoms with E-state index in [1.165, 1.54) is 0 Å². The number of carbonyl (C=O) groups excluding carboxylic acids is 1. The van der Waals surface area contributed by atoms with Crippen LogP contribution in [0.5, 0.6) is 0 Å². The van der Waals surface area contributed by atoms with Crippen LogP contribution in [0.15, 0.2) is 0 Å². The lowest BCUT2D eigenvalue weighted by Gasteiger charge is -2.33. The van der Waals surface area contributed by atoms with Crippen LogP contribution in [-0.2, 0) is 9.59 Å². The molecule has 0 aromatic heterocycles. The molecule has 0 saturated carbocycles. The molecule has 96 valence electrons. The number of thioether (sulfide) groups is 1. The molecule has 0 bridgehead atoms. The van der Waals surface area contributed by atoms with Gasteiger partial charge in [-0.2, -0.15) is 11.8 Å². The van der Waals surface area contributed by atoms with Gasteiger partial charge in [-0.05, 0) is 37.2 Å². The third-order valence-electron chi connectivity index (χ3n) is 3.73. The zero-order valence-corrected chi connectivity index (χ0v) is 10.7. The molecule has 2 fully saturated rings. The molecule has 1 N–H and O–H groups in total. The summed E-state index contributed by atoms with van der Waals surface area (Å²) in [5.41, 5.74) is 0. The average molecular weight is 257 g/mol. The molecule has 0 aliphatic carbocycles. The van der Waals surface area contributed by atoms with E-state index in [1.807, 2.05) is 16.7 Å². The molecule has 1 amide bonds. The predicted octanol–water partition coefficient (Wildman–Crippen LogP) is 1.45. The summed E-state index contributed by atoms with van der Waals surface area (Å²) in [5, 5.41) is 8.91. The van der Waals surface area contributed by atoms with E-state index < -0.39 is 5.97 Å². The van der Waals surface area contributed by atoms with Crippen LogP contribution >= 0.6 is 11.8 Å². The molecule has 4 nitrogen and oxygen atoms in total. The van der Waals surface area contributed by atoms with Crippen molar-refractivity contribution in [1.29, 1.82) is 0 Å². The van der Waals surface area contributed by atoms with E-state index in [9.17, 15) is 9.59 Å². The number of aliphatic carboxylic acids is 1. The monoisotopic (exact) mass is 257 g/mol. The van der Waals surface area contributed by atoms with E-state index >= 15 is 0 Å². The van der Waals surface area contributed by atoms with Crippen LogP contribution in [0.25, 0.3) is 0 Å². The molecule has 5 heteroatoms. The Morgan fingerprint density at radius 3 is 2.12 bits per heavy atom. The van der Waals surface area contributed by atoms with Crippen LogP contribution in [-0.4, -0.2) is 46.5 Å². The van der Waals surface area contributed by atoms with E-state index in [0.29, 0.717) is 25.9 Å². The number of carboxylic acid groups (broad SMARTS) is 1. The summed E-state index contributed by atoms with van der Waals surface area (Å²) in [6.45, 7) is 1.25. The lowest BCUT2D eigenvalue weighted by atomic mass is 9.94. The summed E-state index contributed by atoms with van der Waals surface area (Å²) in [4.78, 5) is 24.9. The topological polar surface area (TPSA) is 57.6 Å². The Kier molecular flexibility index (Phi) is 4.31. The molecule has 2 aliphatic heterocycles. The highest BCUT2D eigenvalue weighted by atomic mass is 32.2. The second-order valence-electron chi connectivity index (χ2n) is 4.82. The highest BCUT2D eigenvalue weighted by molar-refractivity contribution is 7.99. The molecule has 0 radical (unpaired) electrons. The largest absolute Gasteiger partial charge is 0.481 e. The first kappa shape index (κ1) is 12.7. The Hall–Kier alpha value is -0.710. The third-order valence-corrected chi connectivity index (χ3v) is 4.78. The molecule has 0 aromatic carbocycles. The lowest BCUT2D eigenvalue weighted by molar-refractivity contribution is -0.146. The number of rotatable bonds is 2. The molecule has 2 heterocycles. The second-order valence-corrected chi connectivity index (χ2v) is 6.05. The first-order chi connectivity index (χ1) is 8.18. The van der Waals surface area contributed by atoms with Crippen molar-refractivity contribution in [3.8, 4) is 0 Å². The first-order valence-corrected chi connectivity index (χ1v) is 7.43. The van der Waals surface area contributed by atoms with E-state index in [4.69, 9.17) is 5.11 Å². The molecule has 17 heavy (non-hydrogen) atoms. The van der Waals surface area contributed by atoms with E-state index in [2.05, 4.69) is 0 Å². The van der Waals surface area contributed by atoms with Gasteiger partial charge in [-0.15, -0.1) is 0 Å². The van der Waals surface area contributed by atoms with Crippen molar-refractivity contribution in [3.05, 3.63) is 0 Å². The number of carbonyl (C=O) groups is 2. The van der Waals surface area contributed by atoms with Gasteiger partial charge in [0.25, 0.3) is 0 Å². The van der Waals surface area contributed by atoms with Gasteiger partial charge in [0.05, 0.1) is 5.92 Å². The van der Waals surface area contributed by atoms with Crippen molar-refractivity contribution in [2.45, 2.75) is 25.7 Å². The van der Waals surface area contributed by atoms with Crippen molar-refractivity contribution >= 4 is 23.6 Å². The summed E-state index contributed by atoms with van der Waals surface area (Å²) in [6, 6.07) is 0. The fraction of sp³-hybridized carbons (Fsp3) is 0.833. The van der Waals surface area contributed by atoms with Crippen LogP contribution in [0.1, 0.15) is 25.7 Å². The number of likely N-dealkylation sites (tertiary alicyclic amines) is 1. The van der Waals surface area contributed by atoms with Gasteiger partial charge < -0.3 is 10.0 Å². The standard InChI is InChI=1S/C12H19NO3S/c14-11(9-3-7-17-8-4-9)13-5-1-10(2-6-13)12(15)16/h9-10H,1-8H2,(H,15,16). The van der Waals surface area contributed by atoms with Gasteiger partial charge in [-0.1, -0.05) is 0 Å². The summed E-state index contributed by atoms with van der Waals surface area (Å²) < 4.78 is 0. The lowest BCUT2D eigenvalue weighted by Crippen LogP contribution is -2.43. The fourth-order valence-electron chi connectivity index (χ4n) is 2.55. The van der Waals surface area contributed by atoms with Crippen LogP contribution < -0.4 is 0 Å². The van der Waals surface area contributed by atoms with Crippen molar-refractivity contribution in [3.63, 3.8) is 0 Å². The highest BCUT2D eigenvalue weighted by Gasteiger charge is 2.31. The number of nitrogens with zero attached hydrogens (tertiary/aromatic N) is 1. The van der Waals surface area contributed by atoms with Crippen molar-refractivity contribution in [2.75, 3.05) is 24.6 Å². The van der Waals surface area contributed by atoms with Gasteiger partial charge >= 0.3 is 5.97 Å². The minimum Gasteiger partial charge on any atom is -0.481 e. The van der Waals surface area contributed by atoms with Crippen LogP contribution in [0.2, 0.25) is 0 Å². The number of piperidine rings is 1. The van der Waals surface area contributed by atoms with Crippen LogP contribution in [0.3, 0.4) is 0 Å². The van der Waals surface area contributed by atoms with E-state index in [-0.39, 0.29) is 17.7 Å². The van der Waals surface area contributed by atoms with Gasteiger partial charge in [0, 0.05) is 19.0 Å². The van der Waals surface area contributed by atoms with Gasteiger partial charge in [0.15, 0.2) is 0 Å². The predicted molar refractivity (Wildman–Crippen MR) is 67.0 cm³/mol. The summed E-state index contributed by atoms with van der Waals surface area (Å²) in [5.74, 6) is 1.66. The van der Waals surface area contributed by atoms with Crippen molar-refractivity contribution in [1.82, 2.24) is 4.90 Å². The smallest absolute Gasteiger partial charge is 0.306 e. The molecule has 0 aromatic rings. The van der Waals surface area contributed by atoms with Gasteiger partial charge in [0.2, 0.25) is 5.91 Å². The summed E-state index contributed by atoms with van der Waals surface area (Å²) >= 11 is 1.92. The highest BCUT2D eigenvalue weighted by Crippen LogP contribution is 2.26. The number of hydrogen-bond donors (Lipinski definition) is 1. The van der Waals surface area contributed by atoms with E-state index in [0.717, 1.165) is 24.3 Å². The average Bonchev–Trinajstić information content (AvgIpc) is 2.39. The number of hydrogen-bond acceptors (Lipinski definition) is 3. The molecule has 0 unspecified atom stereocenters. The maximum atomic E-state index is 12.2. The first-order valence-electron chi connectivity index (χ1n) is 6.28. The van der Waals surface area contributed by atoms with E-state index in [1.54, 1.807) is 0 Å². The molecular formula is C12H19NO3S. The Bertz CT molecular complexity index is 294. The zero-order valence-electron chi connectivity index (χ0n) is 9.93. The molecule has 0 atom stereocenters. The molecule has 2 rings (SSSR count).